The molecule has 0 radical (unpaired) electrons. The van der Waals surface area contributed by atoms with Crippen molar-refractivity contribution in [1.82, 2.24) is 15.0 Å². The molecule has 0 amide bonds. The van der Waals surface area contributed by atoms with Crippen molar-refractivity contribution in [2.75, 3.05) is 0 Å². The van der Waals surface area contributed by atoms with Gasteiger partial charge in [-0.25, -0.2) is 0 Å². The second kappa shape index (κ2) is 4.01. The Bertz CT molecular complexity index is 605. The monoisotopic (exact) mass is 223 g/mol. The van der Waals surface area contributed by atoms with Crippen LogP contribution in [0.2, 0.25) is 0 Å². The number of rotatable bonds is 2. The average Bonchev–Trinajstić information content (AvgIpc) is 2.82. The first-order valence-corrected chi connectivity index (χ1v) is 5.78. The zero-order chi connectivity index (χ0) is 11.7. The van der Waals surface area contributed by atoms with Crippen molar-refractivity contribution >= 4 is 11.0 Å². The summed E-state index contributed by atoms with van der Waals surface area (Å²) in [6.45, 7) is 2.15. The maximum absolute atomic E-state index is 4.44. The maximum Gasteiger partial charge on any atom is 0.113 e. The molecule has 0 spiro atoms. The third-order valence-electron chi connectivity index (χ3n) is 2.86. The van der Waals surface area contributed by atoms with Gasteiger partial charge in [-0.05, 0) is 36.2 Å². The summed E-state index contributed by atoms with van der Waals surface area (Å²) in [5.41, 5.74) is 4.17. The van der Waals surface area contributed by atoms with Gasteiger partial charge in [-0.3, -0.25) is 0 Å². The fraction of sp³-hybridized carbons (Fsp3) is 0.143. The van der Waals surface area contributed by atoms with Crippen molar-refractivity contribution in [2.45, 2.75) is 13.3 Å². The van der Waals surface area contributed by atoms with E-state index in [0.717, 1.165) is 23.1 Å². The second-order valence-electron chi connectivity index (χ2n) is 4.00. The largest absolute Gasteiger partial charge is 0.150 e. The minimum absolute atomic E-state index is 0.923. The van der Waals surface area contributed by atoms with Gasteiger partial charge in [0.1, 0.15) is 11.0 Å². The van der Waals surface area contributed by atoms with E-state index in [1.54, 1.807) is 4.80 Å². The van der Waals surface area contributed by atoms with Crippen LogP contribution in [0.15, 0.2) is 48.5 Å². The molecule has 84 valence electrons. The van der Waals surface area contributed by atoms with Crippen molar-refractivity contribution in [3.05, 3.63) is 54.1 Å². The van der Waals surface area contributed by atoms with Gasteiger partial charge in [0, 0.05) is 0 Å². The standard InChI is InChI=1S/C14H13N3/c1-2-11-7-9-12(10-8-11)17-15-13-5-3-4-6-14(13)16-17/h3-10H,2H2,1H3. The SMILES string of the molecule is CCc1ccc(-n2nc3ccccc3n2)cc1. The van der Waals surface area contributed by atoms with Crippen molar-refractivity contribution in [3.8, 4) is 5.69 Å². The lowest BCUT2D eigenvalue weighted by atomic mass is 10.2. The van der Waals surface area contributed by atoms with Crippen LogP contribution in [0.25, 0.3) is 16.7 Å². The highest BCUT2D eigenvalue weighted by molar-refractivity contribution is 5.73. The van der Waals surface area contributed by atoms with Gasteiger partial charge in [0.05, 0.1) is 5.69 Å². The molecule has 17 heavy (non-hydrogen) atoms. The molecule has 0 saturated carbocycles. The molecule has 0 aliphatic rings. The van der Waals surface area contributed by atoms with Crippen molar-refractivity contribution < 1.29 is 0 Å². The number of nitrogens with zero attached hydrogens (tertiary/aromatic N) is 3. The minimum atomic E-state index is 0.923. The van der Waals surface area contributed by atoms with E-state index < -0.39 is 0 Å². The molecule has 3 heteroatoms. The topological polar surface area (TPSA) is 30.7 Å². The van der Waals surface area contributed by atoms with Gasteiger partial charge in [-0.15, -0.1) is 10.2 Å². The molecule has 0 unspecified atom stereocenters. The number of aryl methyl sites for hydroxylation is 1. The van der Waals surface area contributed by atoms with Crippen LogP contribution >= 0.6 is 0 Å². The van der Waals surface area contributed by atoms with Gasteiger partial charge < -0.3 is 0 Å². The van der Waals surface area contributed by atoms with E-state index in [1.807, 2.05) is 24.3 Å². The zero-order valence-corrected chi connectivity index (χ0v) is 9.67. The number of fused-ring (bicyclic) bond motifs is 1. The molecular weight excluding hydrogens is 210 g/mol. The number of hydrogen-bond acceptors (Lipinski definition) is 2. The van der Waals surface area contributed by atoms with E-state index >= 15 is 0 Å². The number of aromatic nitrogens is 3. The molecular formula is C14H13N3. The molecule has 3 rings (SSSR count). The van der Waals surface area contributed by atoms with Crippen LogP contribution in [0.3, 0.4) is 0 Å². The molecule has 0 fully saturated rings. The quantitative estimate of drug-likeness (QED) is 0.668. The summed E-state index contributed by atoms with van der Waals surface area (Å²) < 4.78 is 0. The van der Waals surface area contributed by atoms with E-state index in [2.05, 4.69) is 41.4 Å². The van der Waals surface area contributed by atoms with E-state index in [9.17, 15) is 0 Å². The predicted molar refractivity (Wildman–Crippen MR) is 68.2 cm³/mol. The van der Waals surface area contributed by atoms with Crippen LogP contribution in [-0.2, 0) is 6.42 Å². The molecule has 0 atom stereocenters. The first kappa shape index (κ1) is 10.0. The molecule has 0 bridgehead atoms. The molecule has 0 saturated heterocycles. The highest BCUT2D eigenvalue weighted by Crippen LogP contribution is 2.12. The minimum Gasteiger partial charge on any atom is -0.150 e. The maximum atomic E-state index is 4.44. The number of hydrogen-bond donors (Lipinski definition) is 0. The Morgan fingerprint density at radius 3 is 2.00 bits per heavy atom. The van der Waals surface area contributed by atoms with E-state index in [-0.39, 0.29) is 0 Å². The van der Waals surface area contributed by atoms with Crippen molar-refractivity contribution in [3.63, 3.8) is 0 Å². The highest BCUT2D eigenvalue weighted by atomic mass is 15.5. The fourth-order valence-electron chi connectivity index (χ4n) is 1.84. The van der Waals surface area contributed by atoms with Crippen molar-refractivity contribution in [1.29, 1.82) is 0 Å². The lowest BCUT2D eigenvalue weighted by Crippen LogP contribution is -1.98. The lowest BCUT2D eigenvalue weighted by molar-refractivity contribution is 0.765. The first-order chi connectivity index (χ1) is 8.36. The second-order valence-corrected chi connectivity index (χ2v) is 4.00. The molecule has 1 aromatic heterocycles. The number of benzene rings is 2. The van der Waals surface area contributed by atoms with E-state index in [4.69, 9.17) is 0 Å². The van der Waals surface area contributed by atoms with Gasteiger partial charge in [0.25, 0.3) is 0 Å². The summed E-state index contributed by atoms with van der Waals surface area (Å²) >= 11 is 0. The van der Waals surface area contributed by atoms with E-state index in [0.29, 0.717) is 0 Å². The molecule has 0 N–H and O–H groups in total. The van der Waals surface area contributed by atoms with Crippen LogP contribution in [0.4, 0.5) is 0 Å². The average molecular weight is 223 g/mol. The van der Waals surface area contributed by atoms with Crippen LogP contribution in [0.5, 0.6) is 0 Å². The Kier molecular flexibility index (Phi) is 2.37. The predicted octanol–water partition coefficient (Wildman–Crippen LogP) is 2.98. The summed E-state index contributed by atoms with van der Waals surface area (Å²) in [4.78, 5) is 1.68. The highest BCUT2D eigenvalue weighted by Gasteiger charge is 2.03. The molecule has 1 heterocycles. The molecule has 2 aromatic carbocycles. The summed E-state index contributed by atoms with van der Waals surface area (Å²) in [6, 6.07) is 16.2. The third kappa shape index (κ3) is 1.80. The lowest BCUT2D eigenvalue weighted by Gasteiger charge is -2.00. The fourth-order valence-corrected chi connectivity index (χ4v) is 1.84. The third-order valence-corrected chi connectivity index (χ3v) is 2.86. The Balaban J connectivity index is 2.07. The van der Waals surface area contributed by atoms with Crippen LogP contribution in [0.1, 0.15) is 12.5 Å². The summed E-state index contributed by atoms with van der Waals surface area (Å²) in [7, 11) is 0. The van der Waals surface area contributed by atoms with Crippen LogP contribution in [0, 0.1) is 0 Å². The normalized spacial score (nSPS) is 10.9. The van der Waals surface area contributed by atoms with Gasteiger partial charge >= 0.3 is 0 Å². The van der Waals surface area contributed by atoms with Crippen molar-refractivity contribution in [2.24, 2.45) is 0 Å². The molecule has 0 aliphatic heterocycles. The van der Waals surface area contributed by atoms with Gasteiger partial charge in [-0.2, -0.15) is 4.80 Å². The van der Waals surface area contributed by atoms with Crippen LogP contribution in [-0.4, -0.2) is 15.0 Å². The Hall–Kier alpha value is -2.16. The molecule has 3 nitrogen and oxygen atoms in total. The Morgan fingerprint density at radius 1 is 0.882 bits per heavy atom. The van der Waals surface area contributed by atoms with Crippen LogP contribution < -0.4 is 0 Å². The zero-order valence-electron chi connectivity index (χ0n) is 9.67. The summed E-state index contributed by atoms with van der Waals surface area (Å²) in [6.07, 6.45) is 1.05. The molecule has 3 aromatic rings. The Morgan fingerprint density at radius 2 is 1.47 bits per heavy atom. The van der Waals surface area contributed by atoms with E-state index in [1.165, 1.54) is 5.56 Å². The Labute approximate surface area is 99.7 Å². The summed E-state index contributed by atoms with van der Waals surface area (Å²) in [5, 5.41) is 8.89. The van der Waals surface area contributed by atoms with Gasteiger partial charge in [-0.1, -0.05) is 31.2 Å². The van der Waals surface area contributed by atoms with Gasteiger partial charge in [0.2, 0.25) is 0 Å². The molecule has 0 aliphatic carbocycles. The first-order valence-electron chi connectivity index (χ1n) is 5.78. The smallest absolute Gasteiger partial charge is 0.113 e. The summed E-state index contributed by atoms with van der Waals surface area (Å²) in [5.74, 6) is 0. The van der Waals surface area contributed by atoms with Gasteiger partial charge in [0.15, 0.2) is 0 Å².